The van der Waals surface area contributed by atoms with Gasteiger partial charge < -0.3 is 5.73 Å². The van der Waals surface area contributed by atoms with Gasteiger partial charge in [0.1, 0.15) is 0 Å². The van der Waals surface area contributed by atoms with Crippen molar-refractivity contribution in [2.75, 3.05) is 0 Å². The minimum absolute atomic E-state index is 0.0660. The topological polar surface area (TPSA) is 26.0 Å². The molecule has 0 aromatic heterocycles. The summed E-state index contributed by atoms with van der Waals surface area (Å²) in [5, 5.41) is 0. The summed E-state index contributed by atoms with van der Waals surface area (Å²) in [6.45, 7) is 4.03. The van der Waals surface area contributed by atoms with Crippen molar-refractivity contribution in [1.29, 1.82) is 0 Å². The standard InChI is InChI=1S/C9H11Br2N/c1-5-3-9(11)7(6(2)12)4-8(5)10/h3-4,6H,12H2,1-2H3/t6-/m1/s1. The van der Waals surface area contributed by atoms with Crippen LogP contribution < -0.4 is 5.73 Å². The largest absolute Gasteiger partial charge is 0.324 e. The van der Waals surface area contributed by atoms with E-state index in [-0.39, 0.29) is 6.04 Å². The van der Waals surface area contributed by atoms with Crippen LogP contribution in [-0.2, 0) is 0 Å². The summed E-state index contributed by atoms with van der Waals surface area (Å²) in [6.07, 6.45) is 0. The minimum Gasteiger partial charge on any atom is -0.324 e. The van der Waals surface area contributed by atoms with Crippen molar-refractivity contribution < 1.29 is 0 Å². The molecule has 0 aliphatic rings. The molecular formula is C9H11Br2N. The lowest BCUT2D eigenvalue weighted by Crippen LogP contribution is -2.05. The van der Waals surface area contributed by atoms with Gasteiger partial charge in [0, 0.05) is 15.0 Å². The SMILES string of the molecule is Cc1cc(Br)c([C@@H](C)N)cc1Br. The zero-order chi connectivity index (χ0) is 9.30. The van der Waals surface area contributed by atoms with Crippen LogP contribution in [0.1, 0.15) is 24.1 Å². The van der Waals surface area contributed by atoms with Crippen LogP contribution in [0.4, 0.5) is 0 Å². The van der Waals surface area contributed by atoms with Crippen molar-refractivity contribution >= 4 is 31.9 Å². The fourth-order valence-corrected chi connectivity index (χ4v) is 2.19. The minimum atomic E-state index is 0.0660. The highest BCUT2D eigenvalue weighted by Gasteiger charge is 2.06. The second kappa shape index (κ2) is 3.90. The van der Waals surface area contributed by atoms with E-state index in [1.807, 2.05) is 6.92 Å². The number of aryl methyl sites for hydroxylation is 1. The maximum atomic E-state index is 5.78. The molecule has 0 aliphatic carbocycles. The monoisotopic (exact) mass is 291 g/mol. The fraction of sp³-hybridized carbons (Fsp3) is 0.333. The highest BCUT2D eigenvalue weighted by molar-refractivity contribution is 9.11. The van der Waals surface area contributed by atoms with Crippen molar-refractivity contribution in [3.8, 4) is 0 Å². The van der Waals surface area contributed by atoms with Gasteiger partial charge in [-0.15, -0.1) is 0 Å². The molecule has 66 valence electrons. The molecule has 0 bridgehead atoms. The van der Waals surface area contributed by atoms with Gasteiger partial charge in [-0.2, -0.15) is 0 Å². The van der Waals surface area contributed by atoms with E-state index in [1.165, 1.54) is 5.56 Å². The smallest absolute Gasteiger partial charge is 0.0277 e. The van der Waals surface area contributed by atoms with Gasteiger partial charge in [0.2, 0.25) is 0 Å². The van der Waals surface area contributed by atoms with E-state index in [1.54, 1.807) is 0 Å². The molecule has 12 heavy (non-hydrogen) atoms. The molecule has 0 spiro atoms. The number of benzene rings is 1. The number of halogens is 2. The average Bonchev–Trinajstić information content (AvgIpc) is 1.96. The molecule has 3 heteroatoms. The lowest BCUT2D eigenvalue weighted by atomic mass is 10.1. The molecule has 1 rings (SSSR count). The first kappa shape index (κ1) is 10.2. The number of hydrogen-bond donors (Lipinski definition) is 1. The summed E-state index contributed by atoms with van der Waals surface area (Å²) in [5.41, 5.74) is 8.13. The molecule has 0 fully saturated rings. The Kier molecular flexibility index (Phi) is 3.32. The van der Waals surface area contributed by atoms with Crippen LogP contribution in [0.3, 0.4) is 0 Å². The summed E-state index contributed by atoms with van der Waals surface area (Å²) in [5.74, 6) is 0. The van der Waals surface area contributed by atoms with Gasteiger partial charge in [-0.3, -0.25) is 0 Å². The number of nitrogens with two attached hydrogens (primary N) is 1. The van der Waals surface area contributed by atoms with Crippen LogP contribution in [-0.4, -0.2) is 0 Å². The lowest BCUT2D eigenvalue weighted by molar-refractivity contribution is 0.811. The van der Waals surface area contributed by atoms with Crippen molar-refractivity contribution in [3.63, 3.8) is 0 Å². The van der Waals surface area contributed by atoms with Gasteiger partial charge in [0.05, 0.1) is 0 Å². The zero-order valence-electron chi connectivity index (χ0n) is 7.07. The van der Waals surface area contributed by atoms with Gasteiger partial charge >= 0.3 is 0 Å². The molecule has 0 heterocycles. The normalized spacial score (nSPS) is 13.1. The van der Waals surface area contributed by atoms with Crippen LogP contribution in [0.5, 0.6) is 0 Å². The summed E-state index contributed by atoms with van der Waals surface area (Å²) < 4.78 is 2.19. The van der Waals surface area contributed by atoms with Gasteiger partial charge in [-0.1, -0.05) is 31.9 Å². The summed E-state index contributed by atoms with van der Waals surface area (Å²) in [6, 6.07) is 4.20. The Labute approximate surface area is 89.6 Å². The van der Waals surface area contributed by atoms with E-state index < -0.39 is 0 Å². The third-order valence-corrected chi connectivity index (χ3v) is 3.31. The predicted octanol–water partition coefficient (Wildman–Crippen LogP) is 3.54. The first-order valence-electron chi connectivity index (χ1n) is 3.73. The van der Waals surface area contributed by atoms with E-state index in [0.717, 1.165) is 14.5 Å². The summed E-state index contributed by atoms with van der Waals surface area (Å²) >= 11 is 6.95. The first-order valence-corrected chi connectivity index (χ1v) is 5.32. The van der Waals surface area contributed by atoms with Crippen LogP contribution in [0.15, 0.2) is 21.1 Å². The van der Waals surface area contributed by atoms with Crippen molar-refractivity contribution in [3.05, 3.63) is 32.2 Å². The maximum absolute atomic E-state index is 5.78. The maximum Gasteiger partial charge on any atom is 0.0277 e. The Balaban J connectivity index is 3.23. The molecule has 2 N–H and O–H groups in total. The van der Waals surface area contributed by atoms with E-state index in [2.05, 4.69) is 50.9 Å². The van der Waals surface area contributed by atoms with Gasteiger partial charge in [-0.05, 0) is 37.1 Å². The Morgan fingerprint density at radius 1 is 1.25 bits per heavy atom. The van der Waals surface area contributed by atoms with Crippen LogP contribution in [0.2, 0.25) is 0 Å². The number of hydrogen-bond acceptors (Lipinski definition) is 1. The molecule has 0 aliphatic heterocycles. The quantitative estimate of drug-likeness (QED) is 0.842. The molecule has 0 unspecified atom stereocenters. The van der Waals surface area contributed by atoms with Crippen molar-refractivity contribution in [1.82, 2.24) is 0 Å². The van der Waals surface area contributed by atoms with E-state index in [4.69, 9.17) is 5.73 Å². The Hall–Kier alpha value is 0.140. The highest BCUT2D eigenvalue weighted by atomic mass is 79.9. The molecule has 0 amide bonds. The Morgan fingerprint density at radius 2 is 1.83 bits per heavy atom. The van der Waals surface area contributed by atoms with Gasteiger partial charge in [0.25, 0.3) is 0 Å². The first-order chi connectivity index (χ1) is 5.52. The average molecular weight is 293 g/mol. The van der Waals surface area contributed by atoms with Crippen LogP contribution in [0, 0.1) is 6.92 Å². The summed E-state index contributed by atoms with van der Waals surface area (Å²) in [7, 11) is 0. The van der Waals surface area contributed by atoms with E-state index in [9.17, 15) is 0 Å². The third-order valence-electron chi connectivity index (χ3n) is 1.77. The molecule has 0 radical (unpaired) electrons. The second-order valence-corrected chi connectivity index (χ2v) is 4.62. The Bertz CT molecular complexity index is 295. The third kappa shape index (κ3) is 2.09. The van der Waals surface area contributed by atoms with Gasteiger partial charge in [0.15, 0.2) is 0 Å². The van der Waals surface area contributed by atoms with Crippen molar-refractivity contribution in [2.45, 2.75) is 19.9 Å². The molecule has 1 atom stereocenters. The van der Waals surface area contributed by atoms with Crippen LogP contribution in [0.25, 0.3) is 0 Å². The fourth-order valence-electron chi connectivity index (χ4n) is 1.01. The zero-order valence-corrected chi connectivity index (χ0v) is 10.2. The molecular weight excluding hydrogens is 282 g/mol. The molecule has 1 aromatic rings. The number of rotatable bonds is 1. The lowest BCUT2D eigenvalue weighted by Gasteiger charge is -2.10. The summed E-state index contributed by atoms with van der Waals surface area (Å²) in [4.78, 5) is 0. The molecule has 0 saturated heterocycles. The Morgan fingerprint density at radius 3 is 2.33 bits per heavy atom. The molecule has 0 saturated carbocycles. The van der Waals surface area contributed by atoms with E-state index >= 15 is 0 Å². The molecule has 1 aromatic carbocycles. The second-order valence-electron chi connectivity index (χ2n) is 2.91. The van der Waals surface area contributed by atoms with Gasteiger partial charge in [-0.25, -0.2) is 0 Å². The predicted molar refractivity (Wildman–Crippen MR) is 59.2 cm³/mol. The van der Waals surface area contributed by atoms with Crippen molar-refractivity contribution in [2.24, 2.45) is 5.73 Å². The van der Waals surface area contributed by atoms with E-state index in [0.29, 0.717) is 0 Å². The molecule has 1 nitrogen and oxygen atoms in total. The van der Waals surface area contributed by atoms with Crippen LogP contribution >= 0.6 is 31.9 Å². The highest BCUT2D eigenvalue weighted by Crippen LogP contribution is 2.28.